The van der Waals surface area contributed by atoms with E-state index in [2.05, 4.69) is 19.6 Å². The summed E-state index contributed by atoms with van der Waals surface area (Å²) < 4.78 is 5.15. The molecule has 3 heteroatoms. The van der Waals surface area contributed by atoms with Crippen LogP contribution in [0.2, 0.25) is 0 Å². The predicted molar refractivity (Wildman–Crippen MR) is 68.1 cm³/mol. The zero-order valence-electron chi connectivity index (χ0n) is 9.61. The van der Waals surface area contributed by atoms with Crippen molar-refractivity contribution in [1.29, 1.82) is 0 Å². The summed E-state index contributed by atoms with van der Waals surface area (Å²) in [6.07, 6.45) is 4.47. The van der Waals surface area contributed by atoms with E-state index in [0.717, 1.165) is 17.7 Å². The molecule has 1 rings (SSSR count). The van der Waals surface area contributed by atoms with Gasteiger partial charge in [0, 0.05) is 4.90 Å². The van der Waals surface area contributed by atoms with Crippen molar-refractivity contribution in [3.8, 4) is 0 Å². The summed E-state index contributed by atoms with van der Waals surface area (Å²) >= 11 is 4.16. The average molecular weight is 238 g/mol. The van der Waals surface area contributed by atoms with Gasteiger partial charge in [-0.3, -0.25) is 0 Å². The molecule has 1 aromatic rings. The van der Waals surface area contributed by atoms with E-state index in [9.17, 15) is 4.79 Å². The van der Waals surface area contributed by atoms with Crippen LogP contribution in [0.5, 0.6) is 0 Å². The van der Waals surface area contributed by atoms with Crippen LogP contribution in [0.15, 0.2) is 29.2 Å². The lowest BCUT2D eigenvalue weighted by atomic mass is 10.2. The van der Waals surface area contributed by atoms with Gasteiger partial charge < -0.3 is 4.74 Å². The van der Waals surface area contributed by atoms with Gasteiger partial charge in [-0.05, 0) is 30.7 Å². The lowest BCUT2D eigenvalue weighted by Crippen LogP contribution is -2.06. The quantitative estimate of drug-likeness (QED) is 0.464. The molecule has 0 radical (unpaired) electrons. The Balaban J connectivity index is 2.27. The largest absolute Gasteiger partial charge is 0.462 e. The maximum atomic E-state index is 11.5. The first-order valence-electron chi connectivity index (χ1n) is 5.70. The van der Waals surface area contributed by atoms with Crippen molar-refractivity contribution in [3.05, 3.63) is 29.8 Å². The van der Waals surface area contributed by atoms with Gasteiger partial charge in [0.2, 0.25) is 0 Å². The molecule has 1 aromatic carbocycles. The Morgan fingerprint density at radius 3 is 2.50 bits per heavy atom. The number of carbonyl (C=O) groups is 1. The topological polar surface area (TPSA) is 26.3 Å². The lowest BCUT2D eigenvalue weighted by Gasteiger charge is -2.04. The molecule has 0 aliphatic heterocycles. The summed E-state index contributed by atoms with van der Waals surface area (Å²) in [4.78, 5) is 12.4. The highest BCUT2D eigenvalue weighted by molar-refractivity contribution is 7.80. The molecule has 16 heavy (non-hydrogen) atoms. The summed E-state index contributed by atoms with van der Waals surface area (Å²) in [7, 11) is 0. The van der Waals surface area contributed by atoms with E-state index in [0.29, 0.717) is 12.2 Å². The molecule has 0 heterocycles. The van der Waals surface area contributed by atoms with Crippen LogP contribution in [-0.4, -0.2) is 12.6 Å². The van der Waals surface area contributed by atoms with Crippen molar-refractivity contribution in [3.63, 3.8) is 0 Å². The molecule has 0 N–H and O–H groups in total. The smallest absolute Gasteiger partial charge is 0.338 e. The van der Waals surface area contributed by atoms with Crippen LogP contribution in [0.25, 0.3) is 0 Å². The second kappa shape index (κ2) is 7.34. The number of hydrogen-bond acceptors (Lipinski definition) is 3. The van der Waals surface area contributed by atoms with E-state index < -0.39 is 0 Å². The van der Waals surface area contributed by atoms with Crippen molar-refractivity contribution >= 4 is 18.6 Å². The van der Waals surface area contributed by atoms with Crippen molar-refractivity contribution < 1.29 is 9.53 Å². The molecule has 0 aromatic heterocycles. The maximum Gasteiger partial charge on any atom is 0.338 e. The lowest BCUT2D eigenvalue weighted by molar-refractivity contribution is 0.0498. The van der Waals surface area contributed by atoms with Gasteiger partial charge in [0.05, 0.1) is 12.2 Å². The number of carbonyl (C=O) groups excluding carboxylic acids is 1. The number of rotatable bonds is 6. The van der Waals surface area contributed by atoms with E-state index in [4.69, 9.17) is 4.74 Å². The molecule has 0 atom stereocenters. The molecule has 0 fully saturated rings. The Morgan fingerprint density at radius 1 is 1.19 bits per heavy atom. The molecule has 0 saturated carbocycles. The molecule has 0 amide bonds. The molecule has 0 unspecified atom stereocenters. The standard InChI is InChI=1S/C13H18O2S/c1-2-3-4-5-10-15-13(14)11-6-8-12(16)9-7-11/h6-9,16H,2-5,10H2,1H3. The Labute approximate surface area is 102 Å². The third-order valence-electron chi connectivity index (χ3n) is 2.33. The Hall–Kier alpha value is -0.960. The van der Waals surface area contributed by atoms with Gasteiger partial charge >= 0.3 is 5.97 Å². The first-order chi connectivity index (χ1) is 7.74. The predicted octanol–water partition coefficient (Wildman–Crippen LogP) is 3.71. The van der Waals surface area contributed by atoms with E-state index in [1.165, 1.54) is 12.8 Å². The van der Waals surface area contributed by atoms with E-state index in [-0.39, 0.29) is 5.97 Å². The third kappa shape index (κ3) is 4.71. The zero-order chi connectivity index (χ0) is 11.8. The fourth-order valence-electron chi connectivity index (χ4n) is 1.37. The summed E-state index contributed by atoms with van der Waals surface area (Å²) in [6, 6.07) is 7.04. The number of hydrogen-bond donors (Lipinski definition) is 1. The monoisotopic (exact) mass is 238 g/mol. The second-order valence-electron chi connectivity index (χ2n) is 3.74. The van der Waals surface area contributed by atoms with Gasteiger partial charge in [-0.15, -0.1) is 12.6 Å². The fourth-order valence-corrected chi connectivity index (χ4v) is 1.52. The highest BCUT2D eigenvalue weighted by Crippen LogP contribution is 2.09. The van der Waals surface area contributed by atoms with Gasteiger partial charge in [0.15, 0.2) is 0 Å². The van der Waals surface area contributed by atoms with E-state index >= 15 is 0 Å². The summed E-state index contributed by atoms with van der Waals surface area (Å²) in [5.41, 5.74) is 0.591. The highest BCUT2D eigenvalue weighted by Gasteiger charge is 2.05. The minimum atomic E-state index is -0.246. The van der Waals surface area contributed by atoms with Crippen molar-refractivity contribution in [2.75, 3.05) is 6.61 Å². The first-order valence-corrected chi connectivity index (χ1v) is 6.15. The van der Waals surface area contributed by atoms with Crippen LogP contribution in [0, 0.1) is 0 Å². The number of thiol groups is 1. The second-order valence-corrected chi connectivity index (χ2v) is 4.26. The Bertz CT molecular complexity index is 319. The van der Waals surface area contributed by atoms with Crippen molar-refractivity contribution in [2.24, 2.45) is 0 Å². The number of benzene rings is 1. The van der Waals surface area contributed by atoms with Gasteiger partial charge in [-0.2, -0.15) is 0 Å². The number of unbranched alkanes of at least 4 members (excludes halogenated alkanes) is 3. The van der Waals surface area contributed by atoms with E-state index in [1.54, 1.807) is 24.3 Å². The molecule has 0 bridgehead atoms. The van der Waals surface area contributed by atoms with Crippen LogP contribution < -0.4 is 0 Å². The van der Waals surface area contributed by atoms with Gasteiger partial charge in [-0.25, -0.2) is 4.79 Å². The molecule has 2 nitrogen and oxygen atoms in total. The fraction of sp³-hybridized carbons (Fsp3) is 0.462. The average Bonchev–Trinajstić information content (AvgIpc) is 2.29. The summed E-state index contributed by atoms with van der Waals surface area (Å²) in [6.45, 7) is 2.67. The number of esters is 1. The molecule has 0 aliphatic rings. The maximum absolute atomic E-state index is 11.5. The number of ether oxygens (including phenoxy) is 1. The Morgan fingerprint density at radius 2 is 1.88 bits per heavy atom. The molecule has 0 spiro atoms. The van der Waals surface area contributed by atoms with Crippen LogP contribution in [0.1, 0.15) is 43.0 Å². The summed E-state index contributed by atoms with van der Waals surface area (Å²) in [5, 5.41) is 0. The van der Waals surface area contributed by atoms with Crippen LogP contribution >= 0.6 is 12.6 Å². The van der Waals surface area contributed by atoms with Crippen LogP contribution in [-0.2, 0) is 4.74 Å². The van der Waals surface area contributed by atoms with Crippen LogP contribution in [0.4, 0.5) is 0 Å². The normalized spacial score (nSPS) is 10.1. The van der Waals surface area contributed by atoms with Crippen molar-refractivity contribution in [2.45, 2.75) is 37.5 Å². The minimum Gasteiger partial charge on any atom is -0.462 e. The van der Waals surface area contributed by atoms with Crippen molar-refractivity contribution in [1.82, 2.24) is 0 Å². The van der Waals surface area contributed by atoms with Crippen LogP contribution in [0.3, 0.4) is 0 Å². The first kappa shape index (κ1) is 13.1. The van der Waals surface area contributed by atoms with Gasteiger partial charge in [-0.1, -0.05) is 26.2 Å². The molecule has 0 saturated heterocycles. The third-order valence-corrected chi connectivity index (χ3v) is 2.63. The zero-order valence-corrected chi connectivity index (χ0v) is 10.5. The summed E-state index contributed by atoms with van der Waals surface area (Å²) in [5.74, 6) is -0.246. The molecule has 0 aliphatic carbocycles. The van der Waals surface area contributed by atoms with E-state index in [1.807, 2.05) is 0 Å². The molecule has 88 valence electrons. The molecular weight excluding hydrogens is 220 g/mol. The molecular formula is C13H18O2S. The Kier molecular flexibility index (Phi) is 6.01. The van der Waals surface area contributed by atoms with Gasteiger partial charge in [0.1, 0.15) is 0 Å². The SMILES string of the molecule is CCCCCCOC(=O)c1ccc(S)cc1. The minimum absolute atomic E-state index is 0.246. The van der Waals surface area contributed by atoms with Gasteiger partial charge in [0.25, 0.3) is 0 Å². The highest BCUT2D eigenvalue weighted by atomic mass is 32.1.